The summed E-state index contributed by atoms with van der Waals surface area (Å²) in [6.45, 7) is 1.11. The summed E-state index contributed by atoms with van der Waals surface area (Å²) in [5.41, 5.74) is -3.64. The minimum Gasteiger partial charge on any atom is -0.475 e. The molecule has 5 rings (SSSR count). The first-order valence-electron chi connectivity index (χ1n) is 9.63. The van der Waals surface area contributed by atoms with E-state index in [1.165, 1.54) is 30.5 Å². The van der Waals surface area contributed by atoms with Crippen molar-refractivity contribution in [1.29, 1.82) is 4.78 Å². The number of nitrogens with one attached hydrogen (secondary N) is 2. The second kappa shape index (κ2) is 7.12. The molecule has 0 saturated heterocycles. The number of carbonyl (C=O) groups excluding carboxylic acids is 1. The number of anilines is 1. The number of hydrogen-bond acceptors (Lipinski definition) is 6. The Morgan fingerprint density at radius 2 is 1.94 bits per heavy atom. The van der Waals surface area contributed by atoms with Crippen LogP contribution in [0.1, 0.15) is 40.9 Å². The van der Waals surface area contributed by atoms with Crippen LogP contribution in [0.2, 0.25) is 0 Å². The van der Waals surface area contributed by atoms with E-state index in [0.717, 1.165) is 6.92 Å². The van der Waals surface area contributed by atoms with Gasteiger partial charge in [-0.3, -0.25) is 4.79 Å². The molecule has 32 heavy (non-hydrogen) atoms. The molecule has 1 unspecified atom stereocenters. The highest BCUT2D eigenvalue weighted by atomic mass is 32.2. The van der Waals surface area contributed by atoms with Gasteiger partial charge in [-0.15, -0.1) is 10.2 Å². The van der Waals surface area contributed by atoms with E-state index in [0.29, 0.717) is 19.3 Å². The van der Waals surface area contributed by atoms with Gasteiger partial charge in [0.15, 0.2) is 5.69 Å². The fourth-order valence-corrected chi connectivity index (χ4v) is 5.07. The van der Waals surface area contributed by atoms with Crippen molar-refractivity contribution < 1.29 is 31.3 Å². The maximum absolute atomic E-state index is 13.7. The van der Waals surface area contributed by atoms with Crippen molar-refractivity contribution in [3.05, 3.63) is 41.1 Å². The van der Waals surface area contributed by atoms with Gasteiger partial charge in [0, 0.05) is 22.3 Å². The maximum atomic E-state index is 13.7. The van der Waals surface area contributed by atoms with Gasteiger partial charge in [0.05, 0.1) is 16.3 Å². The van der Waals surface area contributed by atoms with E-state index < -0.39 is 44.3 Å². The number of hydrogen-bond donors (Lipinski definition) is 2. The fraction of sp³-hybridized carbons (Fsp3) is 0.450. The van der Waals surface area contributed by atoms with Crippen molar-refractivity contribution in [2.24, 2.45) is 5.41 Å². The number of rotatable bonds is 6. The van der Waals surface area contributed by atoms with E-state index in [4.69, 9.17) is 9.52 Å². The fourth-order valence-electron chi connectivity index (χ4n) is 4.38. The van der Waals surface area contributed by atoms with E-state index >= 15 is 0 Å². The average molecular weight is 472 g/mol. The Kier molecular flexibility index (Phi) is 4.99. The SMILES string of the molecule is Cc1c(C(F)(F)F)nnc(OCC23CC(F)(C2)C3)c1C(=O)Nc1cccc(S(C)(=N)=O)c1. The molecule has 3 aliphatic rings. The Hall–Kier alpha value is -2.76. The first-order valence-corrected chi connectivity index (χ1v) is 11.6. The minimum absolute atomic E-state index is 0.0185. The molecule has 1 atom stereocenters. The third-order valence-corrected chi connectivity index (χ3v) is 6.97. The van der Waals surface area contributed by atoms with Crippen LogP contribution in [0.4, 0.5) is 23.2 Å². The van der Waals surface area contributed by atoms with Crippen LogP contribution >= 0.6 is 0 Å². The molecule has 2 N–H and O–H groups in total. The van der Waals surface area contributed by atoms with Crippen molar-refractivity contribution in [3.8, 4) is 5.88 Å². The van der Waals surface area contributed by atoms with Crippen molar-refractivity contribution in [2.45, 2.75) is 42.9 Å². The number of amides is 1. The van der Waals surface area contributed by atoms with Crippen molar-refractivity contribution in [3.63, 3.8) is 0 Å². The molecule has 3 aliphatic carbocycles. The summed E-state index contributed by atoms with van der Waals surface area (Å²) in [5, 5.41) is 9.15. The van der Waals surface area contributed by atoms with E-state index in [9.17, 15) is 26.6 Å². The Bertz CT molecular complexity index is 1190. The average Bonchev–Trinajstić information content (AvgIpc) is 2.61. The van der Waals surface area contributed by atoms with Crippen LogP contribution in [0.15, 0.2) is 29.2 Å². The van der Waals surface area contributed by atoms with Gasteiger partial charge in [0.2, 0.25) is 5.88 Å². The van der Waals surface area contributed by atoms with Gasteiger partial charge < -0.3 is 10.1 Å². The lowest BCUT2D eigenvalue weighted by molar-refractivity contribution is -0.226. The highest BCUT2D eigenvalue weighted by Crippen LogP contribution is 2.69. The standard InChI is InChI=1S/C20H20F4N4O3S/c1-11-14(16(29)26-12-4-3-5-13(6-12)32(2,25)30)17(28-27-15(11)20(22,23)24)31-10-18-7-19(21,8-18)9-18/h3-6,25H,7-10H2,1-2H3,(H,26,29). The molecule has 2 aromatic rings. The second-order valence-corrected chi connectivity index (χ2v) is 10.8. The largest absolute Gasteiger partial charge is 0.475 e. The van der Waals surface area contributed by atoms with E-state index in [-0.39, 0.29) is 28.5 Å². The first kappa shape index (κ1) is 22.4. The van der Waals surface area contributed by atoms with E-state index in [1.54, 1.807) is 0 Å². The minimum atomic E-state index is -4.84. The third-order valence-electron chi connectivity index (χ3n) is 5.81. The molecule has 1 aromatic heterocycles. The van der Waals surface area contributed by atoms with Gasteiger partial charge in [-0.2, -0.15) is 13.2 Å². The summed E-state index contributed by atoms with van der Waals surface area (Å²) in [4.78, 5) is 13.1. The zero-order chi connectivity index (χ0) is 23.5. The molecule has 1 amide bonds. The lowest BCUT2D eigenvalue weighted by atomic mass is 9.43. The van der Waals surface area contributed by atoms with Crippen molar-refractivity contribution in [2.75, 3.05) is 18.2 Å². The molecule has 0 spiro atoms. The van der Waals surface area contributed by atoms with Crippen LogP contribution < -0.4 is 10.1 Å². The van der Waals surface area contributed by atoms with Gasteiger partial charge >= 0.3 is 6.18 Å². The summed E-state index contributed by atoms with van der Waals surface area (Å²) in [7, 11) is -3.07. The molecule has 2 bridgehead atoms. The van der Waals surface area contributed by atoms with E-state index in [2.05, 4.69) is 15.5 Å². The topological polar surface area (TPSA) is 105 Å². The predicted molar refractivity (Wildman–Crippen MR) is 107 cm³/mol. The van der Waals surface area contributed by atoms with Crippen molar-refractivity contribution in [1.82, 2.24) is 10.2 Å². The van der Waals surface area contributed by atoms with Crippen LogP contribution in [-0.2, 0) is 15.9 Å². The van der Waals surface area contributed by atoms with Crippen LogP contribution in [0, 0.1) is 17.1 Å². The van der Waals surface area contributed by atoms with Gasteiger partial charge in [0.1, 0.15) is 11.2 Å². The molecule has 7 nitrogen and oxygen atoms in total. The number of alkyl halides is 4. The highest BCUT2D eigenvalue weighted by molar-refractivity contribution is 7.91. The molecular formula is C20H20F4N4O3S. The van der Waals surface area contributed by atoms with Gasteiger partial charge in [-0.1, -0.05) is 6.07 Å². The van der Waals surface area contributed by atoms with Gasteiger partial charge in [-0.05, 0) is 49.9 Å². The Balaban J connectivity index is 1.64. The zero-order valence-electron chi connectivity index (χ0n) is 17.2. The number of ether oxygens (including phenoxy) is 1. The lowest BCUT2D eigenvalue weighted by Crippen LogP contribution is -2.66. The normalized spacial score (nSPS) is 25.8. The Labute approximate surface area is 181 Å². The molecular weight excluding hydrogens is 452 g/mol. The molecule has 1 aromatic carbocycles. The molecule has 172 valence electrons. The number of halogens is 4. The maximum Gasteiger partial charge on any atom is 0.435 e. The summed E-state index contributed by atoms with van der Waals surface area (Å²) in [5.74, 6) is -1.30. The molecule has 12 heteroatoms. The number of carbonyl (C=O) groups is 1. The molecule has 3 saturated carbocycles. The van der Waals surface area contributed by atoms with Crippen LogP contribution in [0.5, 0.6) is 5.88 Å². The van der Waals surface area contributed by atoms with Crippen molar-refractivity contribution >= 4 is 21.3 Å². The monoisotopic (exact) mass is 472 g/mol. The van der Waals surface area contributed by atoms with Gasteiger partial charge in [0.25, 0.3) is 5.91 Å². The highest BCUT2D eigenvalue weighted by Gasteiger charge is 2.69. The zero-order valence-corrected chi connectivity index (χ0v) is 18.0. The Morgan fingerprint density at radius 3 is 2.50 bits per heavy atom. The third kappa shape index (κ3) is 4.03. The smallest absolute Gasteiger partial charge is 0.435 e. The second-order valence-electron chi connectivity index (χ2n) is 8.65. The first-order chi connectivity index (χ1) is 14.7. The molecule has 1 heterocycles. The summed E-state index contributed by atoms with van der Waals surface area (Å²) in [6.07, 6.45) is -2.70. The Morgan fingerprint density at radius 1 is 1.28 bits per heavy atom. The van der Waals surface area contributed by atoms with E-state index in [1.807, 2.05) is 0 Å². The lowest BCUT2D eigenvalue weighted by Gasteiger charge is -2.65. The van der Waals surface area contributed by atoms with Crippen LogP contribution in [0.25, 0.3) is 0 Å². The number of aromatic nitrogens is 2. The molecule has 0 aliphatic heterocycles. The number of benzene rings is 1. The number of nitrogens with zero attached hydrogens (tertiary/aromatic N) is 2. The van der Waals surface area contributed by atoms with Crippen LogP contribution in [-0.4, -0.2) is 38.8 Å². The predicted octanol–water partition coefficient (Wildman–Crippen LogP) is 4.36. The molecule has 0 radical (unpaired) electrons. The summed E-state index contributed by atoms with van der Waals surface area (Å²) < 4.78 is 79.0. The quantitative estimate of drug-likeness (QED) is 0.608. The summed E-state index contributed by atoms with van der Waals surface area (Å²) >= 11 is 0. The molecule has 3 fully saturated rings. The van der Waals surface area contributed by atoms with Crippen LogP contribution in [0.3, 0.4) is 0 Å². The van der Waals surface area contributed by atoms with Gasteiger partial charge in [-0.25, -0.2) is 13.4 Å². The summed E-state index contributed by atoms with van der Waals surface area (Å²) in [6, 6.07) is 5.67.